The molecular weight excluding hydrogens is 446 g/mol. The fraction of sp³-hybridized carbons (Fsp3) is 0.174. The minimum absolute atomic E-state index is 0.0228. The van der Waals surface area contributed by atoms with E-state index in [0.717, 1.165) is 11.3 Å². The average molecular weight is 472 g/mol. The van der Waals surface area contributed by atoms with Crippen LogP contribution >= 0.6 is 0 Å². The Balaban J connectivity index is 1.79. The summed E-state index contributed by atoms with van der Waals surface area (Å²) in [4.78, 5) is 4.25. The molecule has 0 amide bonds. The summed E-state index contributed by atoms with van der Waals surface area (Å²) in [5, 5.41) is 0. The Bertz CT molecular complexity index is 1280. The van der Waals surface area contributed by atoms with Gasteiger partial charge in [0.1, 0.15) is 0 Å². The normalized spacial score (nSPS) is 12.3. The second-order valence-corrected chi connectivity index (χ2v) is 10.5. The van der Waals surface area contributed by atoms with Gasteiger partial charge in [-0.25, -0.2) is 16.8 Å². The molecular formula is C23H25N3O4S2. The highest BCUT2D eigenvalue weighted by atomic mass is 32.2. The first-order valence-corrected chi connectivity index (χ1v) is 13.0. The second-order valence-electron chi connectivity index (χ2n) is 6.88. The number of rotatable bonds is 9. The van der Waals surface area contributed by atoms with E-state index in [2.05, 4.69) is 9.71 Å². The van der Waals surface area contributed by atoms with Gasteiger partial charge < -0.3 is 0 Å². The van der Waals surface area contributed by atoms with Gasteiger partial charge in [-0.05, 0) is 60.2 Å². The number of nitrogens with zero attached hydrogens (tertiary/aromatic N) is 2. The fourth-order valence-electron chi connectivity index (χ4n) is 3.08. The van der Waals surface area contributed by atoms with Crippen molar-refractivity contribution in [2.45, 2.75) is 23.6 Å². The number of nitrogens with one attached hydrogen (secondary N) is 1. The smallest absolute Gasteiger partial charge is 0.261 e. The summed E-state index contributed by atoms with van der Waals surface area (Å²) in [6, 6.07) is 17.8. The molecule has 0 atom stereocenters. The molecule has 1 heterocycles. The minimum atomic E-state index is -3.89. The third-order valence-corrected chi connectivity index (χ3v) is 8.21. The number of anilines is 1. The molecule has 3 aromatic rings. The Morgan fingerprint density at radius 2 is 1.53 bits per heavy atom. The van der Waals surface area contributed by atoms with Gasteiger partial charge in [0.15, 0.2) is 0 Å². The largest absolute Gasteiger partial charge is 0.280 e. The first kappa shape index (κ1) is 23.6. The van der Waals surface area contributed by atoms with Crippen molar-refractivity contribution in [3.8, 4) is 0 Å². The van der Waals surface area contributed by atoms with Gasteiger partial charge in [-0.3, -0.25) is 9.71 Å². The molecule has 1 aromatic heterocycles. The highest BCUT2D eigenvalue weighted by Crippen LogP contribution is 2.21. The van der Waals surface area contributed by atoms with Gasteiger partial charge in [0.2, 0.25) is 10.0 Å². The zero-order chi connectivity index (χ0) is 23.2. The fourth-order valence-corrected chi connectivity index (χ4v) is 5.59. The summed E-state index contributed by atoms with van der Waals surface area (Å²) in [5.74, 6) is 0. The summed E-state index contributed by atoms with van der Waals surface area (Å²) in [7, 11) is -7.54. The molecule has 0 saturated heterocycles. The lowest BCUT2D eigenvalue weighted by molar-refractivity contribution is 0.445. The molecule has 0 aliphatic rings. The van der Waals surface area contributed by atoms with Crippen molar-refractivity contribution in [3.05, 3.63) is 84.2 Å². The zero-order valence-corrected chi connectivity index (χ0v) is 19.5. The molecule has 0 bridgehead atoms. The van der Waals surface area contributed by atoms with Crippen LogP contribution in [0.15, 0.2) is 82.7 Å². The first-order valence-electron chi connectivity index (χ1n) is 10.1. The van der Waals surface area contributed by atoms with Crippen LogP contribution in [0.2, 0.25) is 0 Å². The predicted octanol–water partition coefficient (Wildman–Crippen LogP) is 4.08. The summed E-state index contributed by atoms with van der Waals surface area (Å²) in [5.41, 5.74) is 1.99. The Morgan fingerprint density at radius 3 is 2.16 bits per heavy atom. The molecule has 0 saturated carbocycles. The van der Waals surface area contributed by atoms with Crippen LogP contribution in [-0.2, 0) is 20.0 Å². The van der Waals surface area contributed by atoms with Gasteiger partial charge in [-0.2, -0.15) is 4.31 Å². The summed E-state index contributed by atoms with van der Waals surface area (Å²) in [6.07, 6.45) is 5.37. The maximum absolute atomic E-state index is 12.8. The van der Waals surface area contributed by atoms with Crippen molar-refractivity contribution in [2.75, 3.05) is 17.8 Å². The van der Waals surface area contributed by atoms with Crippen LogP contribution in [0.25, 0.3) is 12.2 Å². The molecule has 3 rings (SSSR count). The van der Waals surface area contributed by atoms with Crippen LogP contribution in [0.5, 0.6) is 0 Å². The van der Waals surface area contributed by atoms with Crippen molar-refractivity contribution in [3.63, 3.8) is 0 Å². The number of aromatic nitrogens is 1. The predicted molar refractivity (Wildman–Crippen MR) is 127 cm³/mol. The number of pyridine rings is 1. The number of benzene rings is 2. The molecule has 0 unspecified atom stereocenters. The molecule has 0 fully saturated rings. The Hall–Kier alpha value is -3.01. The summed E-state index contributed by atoms with van der Waals surface area (Å²) >= 11 is 0. The first-order chi connectivity index (χ1) is 15.3. The van der Waals surface area contributed by atoms with Crippen LogP contribution in [0.4, 0.5) is 5.69 Å². The Labute approximate surface area is 189 Å². The summed E-state index contributed by atoms with van der Waals surface area (Å²) < 4.78 is 54.7. The van der Waals surface area contributed by atoms with E-state index >= 15 is 0 Å². The molecule has 9 heteroatoms. The van der Waals surface area contributed by atoms with Gasteiger partial charge in [-0.1, -0.05) is 38.1 Å². The highest BCUT2D eigenvalue weighted by Gasteiger charge is 2.22. The highest BCUT2D eigenvalue weighted by molar-refractivity contribution is 7.92. The van der Waals surface area contributed by atoms with Gasteiger partial charge in [0.05, 0.1) is 15.5 Å². The third-order valence-electron chi connectivity index (χ3n) is 4.75. The quantitative estimate of drug-likeness (QED) is 0.507. The topological polar surface area (TPSA) is 96.4 Å². The maximum Gasteiger partial charge on any atom is 0.261 e. The van der Waals surface area contributed by atoms with E-state index in [1.54, 1.807) is 38.2 Å². The van der Waals surface area contributed by atoms with Crippen LogP contribution in [0.1, 0.15) is 25.1 Å². The van der Waals surface area contributed by atoms with E-state index in [9.17, 15) is 16.8 Å². The second kappa shape index (κ2) is 10.1. The third kappa shape index (κ3) is 5.61. The van der Waals surface area contributed by atoms with Crippen LogP contribution in [0, 0.1) is 0 Å². The standard InChI is InChI=1S/C23H25N3O4S2/c1-3-26(4-2)32(29,30)23-15-13-22(14-16-23)31(27,28)25-21-10-7-8-19(18-21)11-12-20-9-5-6-17-24-20/h5-18,25H,3-4H2,1-2H3/b12-11+. The zero-order valence-electron chi connectivity index (χ0n) is 17.8. The molecule has 0 aliphatic heterocycles. The molecule has 32 heavy (non-hydrogen) atoms. The molecule has 0 aliphatic carbocycles. The van der Waals surface area contributed by atoms with Crippen molar-refractivity contribution in [1.29, 1.82) is 0 Å². The van der Waals surface area contributed by atoms with E-state index in [1.807, 2.05) is 36.4 Å². The number of hydrogen-bond donors (Lipinski definition) is 1. The van der Waals surface area contributed by atoms with E-state index < -0.39 is 20.0 Å². The van der Waals surface area contributed by atoms with Gasteiger partial charge >= 0.3 is 0 Å². The molecule has 0 radical (unpaired) electrons. The average Bonchev–Trinajstić information content (AvgIpc) is 2.79. The van der Waals surface area contributed by atoms with Crippen molar-refractivity contribution >= 4 is 37.9 Å². The van der Waals surface area contributed by atoms with E-state index in [1.165, 1.54) is 28.6 Å². The van der Waals surface area contributed by atoms with E-state index in [4.69, 9.17) is 0 Å². The lowest BCUT2D eigenvalue weighted by atomic mass is 10.2. The molecule has 168 valence electrons. The lowest BCUT2D eigenvalue weighted by Gasteiger charge is -2.18. The van der Waals surface area contributed by atoms with Crippen molar-refractivity contribution in [1.82, 2.24) is 9.29 Å². The van der Waals surface area contributed by atoms with E-state index in [-0.39, 0.29) is 9.79 Å². The Morgan fingerprint density at radius 1 is 0.844 bits per heavy atom. The van der Waals surface area contributed by atoms with Gasteiger partial charge in [0.25, 0.3) is 10.0 Å². The van der Waals surface area contributed by atoms with Crippen LogP contribution < -0.4 is 4.72 Å². The Kier molecular flexibility index (Phi) is 7.44. The van der Waals surface area contributed by atoms with Crippen LogP contribution in [-0.4, -0.2) is 39.2 Å². The number of hydrogen-bond acceptors (Lipinski definition) is 5. The molecule has 0 spiro atoms. The maximum atomic E-state index is 12.8. The van der Waals surface area contributed by atoms with Crippen molar-refractivity contribution in [2.24, 2.45) is 0 Å². The minimum Gasteiger partial charge on any atom is -0.280 e. The number of sulfonamides is 2. The van der Waals surface area contributed by atoms with Gasteiger partial charge in [0, 0.05) is 25.0 Å². The monoisotopic (exact) mass is 471 g/mol. The SMILES string of the molecule is CCN(CC)S(=O)(=O)c1ccc(S(=O)(=O)Nc2cccc(/C=C/c3ccccn3)c2)cc1. The van der Waals surface area contributed by atoms with E-state index in [0.29, 0.717) is 18.8 Å². The molecule has 1 N–H and O–H groups in total. The van der Waals surface area contributed by atoms with Crippen LogP contribution in [0.3, 0.4) is 0 Å². The van der Waals surface area contributed by atoms with Crippen molar-refractivity contribution < 1.29 is 16.8 Å². The molecule has 7 nitrogen and oxygen atoms in total. The lowest BCUT2D eigenvalue weighted by Crippen LogP contribution is -2.30. The molecule has 2 aromatic carbocycles. The van der Waals surface area contributed by atoms with Gasteiger partial charge in [-0.15, -0.1) is 0 Å². The summed E-state index contributed by atoms with van der Waals surface area (Å²) in [6.45, 7) is 4.18.